The molecule has 1 amide bonds. The fourth-order valence-electron chi connectivity index (χ4n) is 2.77. The number of esters is 1. The lowest BCUT2D eigenvalue weighted by Gasteiger charge is -2.25. The molecule has 2 aromatic carbocycles. The van der Waals surface area contributed by atoms with Crippen molar-refractivity contribution in [1.29, 1.82) is 0 Å². The Morgan fingerprint density at radius 3 is 2.79 bits per heavy atom. The highest BCUT2D eigenvalue weighted by atomic mass is 19.1. The Hall–Kier alpha value is -2.89. The molecular weight excluding hydrogens is 313 g/mol. The number of carbonyl (C=O) groups is 2. The largest absolute Gasteiger partial charge is 0.493 e. The normalized spacial score (nSPS) is 15.8. The SMILES string of the molecule is COC(=O)c1c(F)cccc1NC(=O)C1CCOc2ccccc21. The van der Waals surface area contributed by atoms with Crippen molar-refractivity contribution < 1.29 is 23.5 Å². The van der Waals surface area contributed by atoms with Gasteiger partial charge in [-0.3, -0.25) is 4.79 Å². The minimum absolute atomic E-state index is 0.0934. The van der Waals surface area contributed by atoms with Crippen molar-refractivity contribution in [3.8, 4) is 5.75 Å². The Kier molecular flexibility index (Phi) is 4.46. The number of nitrogens with one attached hydrogen (secondary N) is 1. The zero-order valence-electron chi connectivity index (χ0n) is 13.0. The molecule has 0 fully saturated rings. The number of rotatable bonds is 3. The fourth-order valence-corrected chi connectivity index (χ4v) is 2.77. The van der Waals surface area contributed by atoms with Crippen molar-refractivity contribution in [3.05, 3.63) is 59.4 Å². The zero-order chi connectivity index (χ0) is 17.1. The molecule has 0 aromatic heterocycles. The van der Waals surface area contributed by atoms with Crippen LogP contribution in [0.25, 0.3) is 0 Å². The standard InChI is InChI=1S/C18H16FNO4/c1-23-18(22)16-13(19)6-4-7-14(16)20-17(21)12-9-10-24-15-8-3-2-5-11(12)15/h2-8,12H,9-10H2,1H3,(H,20,21). The molecule has 1 aliphatic heterocycles. The van der Waals surface area contributed by atoms with Crippen molar-refractivity contribution in [1.82, 2.24) is 0 Å². The minimum Gasteiger partial charge on any atom is -0.493 e. The van der Waals surface area contributed by atoms with Crippen LogP contribution in [-0.4, -0.2) is 25.6 Å². The van der Waals surface area contributed by atoms with E-state index >= 15 is 0 Å². The molecule has 24 heavy (non-hydrogen) atoms. The third-order valence-electron chi connectivity index (χ3n) is 3.94. The molecule has 1 atom stereocenters. The number of benzene rings is 2. The molecule has 6 heteroatoms. The minimum atomic E-state index is -0.837. The molecule has 0 radical (unpaired) electrons. The second-order valence-corrected chi connectivity index (χ2v) is 5.37. The van der Waals surface area contributed by atoms with Gasteiger partial charge in [0.05, 0.1) is 25.3 Å². The molecule has 0 aliphatic carbocycles. The molecule has 0 saturated heterocycles. The number of halogens is 1. The lowest BCUT2D eigenvalue weighted by atomic mass is 9.92. The van der Waals surface area contributed by atoms with Crippen LogP contribution in [0.3, 0.4) is 0 Å². The van der Waals surface area contributed by atoms with E-state index in [1.54, 1.807) is 6.07 Å². The Labute approximate surface area is 138 Å². The summed E-state index contributed by atoms with van der Waals surface area (Å²) in [4.78, 5) is 24.4. The van der Waals surface area contributed by atoms with E-state index in [2.05, 4.69) is 10.1 Å². The van der Waals surface area contributed by atoms with Crippen LogP contribution in [0, 0.1) is 5.82 Å². The summed E-state index contributed by atoms with van der Waals surface area (Å²) in [6, 6.07) is 11.3. The molecular formula is C18H16FNO4. The highest BCUT2D eigenvalue weighted by molar-refractivity contribution is 6.03. The third-order valence-corrected chi connectivity index (χ3v) is 3.94. The zero-order valence-corrected chi connectivity index (χ0v) is 13.0. The van der Waals surface area contributed by atoms with Crippen LogP contribution in [0.4, 0.5) is 10.1 Å². The van der Waals surface area contributed by atoms with Crippen LogP contribution < -0.4 is 10.1 Å². The highest BCUT2D eigenvalue weighted by Gasteiger charge is 2.29. The lowest BCUT2D eigenvalue weighted by molar-refractivity contribution is -0.118. The van der Waals surface area contributed by atoms with Gasteiger partial charge in [0, 0.05) is 5.56 Å². The van der Waals surface area contributed by atoms with E-state index in [1.807, 2.05) is 18.2 Å². The number of para-hydroxylation sites is 1. The molecule has 1 unspecified atom stereocenters. The second-order valence-electron chi connectivity index (χ2n) is 5.37. The topological polar surface area (TPSA) is 64.6 Å². The van der Waals surface area contributed by atoms with E-state index in [4.69, 9.17) is 4.74 Å². The predicted molar refractivity (Wildman–Crippen MR) is 85.7 cm³/mol. The summed E-state index contributed by atoms with van der Waals surface area (Å²) < 4.78 is 24.1. The first-order valence-electron chi connectivity index (χ1n) is 7.51. The van der Waals surface area contributed by atoms with E-state index < -0.39 is 17.7 Å². The van der Waals surface area contributed by atoms with E-state index in [-0.39, 0.29) is 17.2 Å². The summed E-state index contributed by atoms with van der Waals surface area (Å²) >= 11 is 0. The van der Waals surface area contributed by atoms with Crippen LogP contribution in [0.2, 0.25) is 0 Å². The third kappa shape index (κ3) is 2.95. The van der Waals surface area contributed by atoms with Gasteiger partial charge < -0.3 is 14.8 Å². The average Bonchev–Trinajstić information content (AvgIpc) is 2.60. The molecule has 5 nitrogen and oxygen atoms in total. The van der Waals surface area contributed by atoms with Crippen LogP contribution in [0.1, 0.15) is 28.3 Å². The fraction of sp³-hybridized carbons (Fsp3) is 0.222. The van der Waals surface area contributed by atoms with Crippen LogP contribution in [0.5, 0.6) is 5.75 Å². The van der Waals surface area contributed by atoms with Crippen molar-refractivity contribution in [3.63, 3.8) is 0 Å². The number of hydrogen-bond acceptors (Lipinski definition) is 4. The molecule has 124 valence electrons. The maximum Gasteiger partial charge on any atom is 0.342 e. The average molecular weight is 329 g/mol. The van der Waals surface area contributed by atoms with Gasteiger partial charge in [0.15, 0.2) is 0 Å². The summed E-state index contributed by atoms with van der Waals surface area (Å²) in [6.45, 7) is 0.419. The van der Waals surface area contributed by atoms with Gasteiger partial charge in [-0.15, -0.1) is 0 Å². The molecule has 1 N–H and O–H groups in total. The number of methoxy groups -OCH3 is 1. The molecule has 0 spiro atoms. The number of fused-ring (bicyclic) bond motifs is 1. The maximum absolute atomic E-state index is 13.9. The van der Waals surface area contributed by atoms with Crippen molar-refractivity contribution >= 4 is 17.6 Å². The quantitative estimate of drug-likeness (QED) is 0.879. The van der Waals surface area contributed by atoms with Gasteiger partial charge in [-0.2, -0.15) is 0 Å². The molecule has 0 bridgehead atoms. The van der Waals surface area contributed by atoms with Crippen LogP contribution in [-0.2, 0) is 9.53 Å². The van der Waals surface area contributed by atoms with Gasteiger partial charge in [-0.25, -0.2) is 9.18 Å². The van der Waals surface area contributed by atoms with Crippen molar-refractivity contribution in [2.24, 2.45) is 0 Å². The monoisotopic (exact) mass is 329 g/mol. The Morgan fingerprint density at radius 1 is 1.21 bits per heavy atom. The molecule has 3 rings (SSSR count). The Morgan fingerprint density at radius 2 is 2.00 bits per heavy atom. The van der Waals surface area contributed by atoms with Gasteiger partial charge in [0.2, 0.25) is 5.91 Å². The number of anilines is 1. The number of carbonyl (C=O) groups excluding carboxylic acids is 2. The molecule has 1 heterocycles. The van der Waals surface area contributed by atoms with E-state index in [0.29, 0.717) is 18.8 Å². The van der Waals surface area contributed by atoms with Gasteiger partial charge in [-0.1, -0.05) is 24.3 Å². The summed E-state index contributed by atoms with van der Waals surface area (Å²) in [5, 5.41) is 2.64. The molecule has 2 aromatic rings. The summed E-state index contributed by atoms with van der Waals surface area (Å²) in [7, 11) is 1.16. The Balaban J connectivity index is 1.89. The predicted octanol–water partition coefficient (Wildman–Crippen LogP) is 3.12. The van der Waals surface area contributed by atoms with E-state index in [9.17, 15) is 14.0 Å². The summed E-state index contributed by atoms with van der Waals surface area (Å²) in [5.41, 5.74) is 0.585. The van der Waals surface area contributed by atoms with Gasteiger partial charge in [0.1, 0.15) is 17.1 Å². The summed E-state index contributed by atoms with van der Waals surface area (Å²) in [5.74, 6) is -1.66. The van der Waals surface area contributed by atoms with Crippen molar-refractivity contribution in [2.75, 3.05) is 19.0 Å². The number of amides is 1. The first-order chi connectivity index (χ1) is 11.6. The van der Waals surface area contributed by atoms with Gasteiger partial charge in [-0.05, 0) is 24.6 Å². The van der Waals surface area contributed by atoms with Gasteiger partial charge in [0.25, 0.3) is 0 Å². The van der Waals surface area contributed by atoms with Crippen LogP contribution in [0.15, 0.2) is 42.5 Å². The first-order valence-corrected chi connectivity index (χ1v) is 7.51. The molecule has 0 saturated carbocycles. The second kappa shape index (κ2) is 6.70. The highest BCUT2D eigenvalue weighted by Crippen LogP contribution is 2.34. The lowest BCUT2D eigenvalue weighted by Crippen LogP contribution is -2.27. The summed E-state index contributed by atoms with van der Waals surface area (Å²) in [6.07, 6.45) is 0.506. The van der Waals surface area contributed by atoms with E-state index in [0.717, 1.165) is 18.7 Å². The number of ether oxygens (including phenoxy) is 2. The van der Waals surface area contributed by atoms with Crippen molar-refractivity contribution in [2.45, 2.75) is 12.3 Å². The van der Waals surface area contributed by atoms with Crippen LogP contribution >= 0.6 is 0 Å². The van der Waals surface area contributed by atoms with Gasteiger partial charge >= 0.3 is 5.97 Å². The first kappa shape index (κ1) is 16.0. The maximum atomic E-state index is 13.9. The Bertz CT molecular complexity index is 790. The number of hydrogen-bond donors (Lipinski definition) is 1. The molecule has 1 aliphatic rings. The smallest absolute Gasteiger partial charge is 0.342 e. The van der Waals surface area contributed by atoms with E-state index in [1.165, 1.54) is 12.1 Å².